The van der Waals surface area contributed by atoms with E-state index in [4.69, 9.17) is 0 Å². The topological polar surface area (TPSA) is 66.5 Å². The fraction of sp³-hybridized carbons (Fsp3) is 0.875. The van der Waals surface area contributed by atoms with Crippen LogP contribution in [0.3, 0.4) is 0 Å². The molecule has 0 saturated carbocycles. The van der Waals surface area contributed by atoms with Crippen LogP contribution in [0.25, 0.3) is 0 Å². The fourth-order valence-electron chi connectivity index (χ4n) is 1.60. The molecule has 5 nitrogen and oxygen atoms in total. The van der Waals surface area contributed by atoms with Gasteiger partial charge in [-0.05, 0) is 12.8 Å². The highest BCUT2D eigenvalue weighted by atomic mass is 79.9. The number of carbonyl (C=O) groups excluding carboxylic acids is 1. The summed E-state index contributed by atoms with van der Waals surface area (Å²) in [4.78, 5) is 11.1. The van der Waals surface area contributed by atoms with Crippen molar-refractivity contribution in [3.63, 3.8) is 0 Å². The quantitative estimate of drug-likeness (QED) is 0.741. The first-order chi connectivity index (χ1) is 6.93. The molecule has 1 heterocycles. The third kappa shape index (κ3) is 4.08. The Morgan fingerprint density at radius 3 is 2.40 bits per heavy atom. The van der Waals surface area contributed by atoms with Crippen molar-refractivity contribution in [1.82, 2.24) is 9.62 Å². The first kappa shape index (κ1) is 12.9. The van der Waals surface area contributed by atoms with E-state index < -0.39 is 10.0 Å². The summed E-state index contributed by atoms with van der Waals surface area (Å²) < 4.78 is 23.9. The minimum Gasteiger partial charge on any atom is -0.353 e. The number of piperidine rings is 1. The van der Waals surface area contributed by atoms with Crippen LogP contribution in [0.5, 0.6) is 0 Å². The Bertz CT molecular complexity index is 323. The van der Waals surface area contributed by atoms with Gasteiger partial charge in [-0.2, -0.15) is 0 Å². The van der Waals surface area contributed by atoms with Crippen molar-refractivity contribution in [2.24, 2.45) is 0 Å². The smallest absolute Gasteiger partial charge is 0.230 e. The van der Waals surface area contributed by atoms with Crippen molar-refractivity contribution in [3.05, 3.63) is 0 Å². The van der Waals surface area contributed by atoms with Crippen molar-refractivity contribution in [1.29, 1.82) is 0 Å². The molecule has 1 aliphatic rings. The van der Waals surface area contributed by atoms with E-state index in [1.54, 1.807) is 0 Å². The van der Waals surface area contributed by atoms with Gasteiger partial charge in [-0.1, -0.05) is 15.9 Å². The average molecular weight is 299 g/mol. The summed E-state index contributed by atoms with van der Waals surface area (Å²) in [5.74, 6) is -0.0483. The van der Waals surface area contributed by atoms with Crippen molar-refractivity contribution in [2.75, 3.05) is 24.7 Å². The first-order valence-corrected chi connectivity index (χ1v) is 7.71. The van der Waals surface area contributed by atoms with Crippen LogP contribution in [-0.4, -0.2) is 49.3 Å². The molecule has 7 heteroatoms. The number of halogens is 1. The second-order valence-electron chi connectivity index (χ2n) is 3.64. The standard InChI is InChI=1S/C8H15BrN2O3S/c1-15(13,14)11-4-2-7(3-5-11)10-8(12)6-9/h7H,2-6H2,1H3,(H,10,12). The molecule has 0 aliphatic carbocycles. The number of nitrogens with zero attached hydrogens (tertiary/aromatic N) is 1. The van der Waals surface area contributed by atoms with Gasteiger partial charge < -0.3 is 5.32 Å². The molecule has 0 aromatic heterocycles. The van der Waals surface area contributed by atoms with Crippen LogP contribution in [-0.2, 0) is 14.8 Å². The van der Waals surface area contributed by atoms with Crippen LogP contribution >= 0.6 is 15.9 Å². The van der Waals surface area contributed by atoms with Crippen LogP contribution < -0.4 is 5.32 Å². The zero-order valence-corrected chi connectivity index (χ0v) is 11.0. The molecular weight excluding hydrogens is 284 g/mol. The van der Waals surface area contributed by atoms with Gasteiger partial charge in [0.25, 0.3) is 0 Å². The van der Waals surface area contributed by atoms with E-state index in [0.29, 0.717) is 31.3 Å². The molecular formula is C8H15BrN2O3S. The van der Waals surface area contributed by atoms with E-state index in [9.17, 15) is 13.2 Å². The summed E-state index contributed by atoms with van der Waals surface area (Å²) >= 11 is 3.07. The molecule has 1 rings (SSSR count). The molecule has 0 atom stereocenters. The van der Waals surface area contributed by atoms with Gasteiger partial charge in [-0.15, -0.1) is 0 Å². The molecule has 1 saturated heterocycles. The molecule has 15 heavy (non-hydrogen) atoms. The Morgan fingerprint density at radius 2 is 2.00 bits per heavy atom. The maximum atomic E-state index is 11.2. The molecule has 0 bridgehead atoms. The average Bonchev–Trinajstić information content (AvgIpc) is 2.17. The van der Waals surface area contributed by atoms with Crippen LogP contribution in [0.1, 0.15) is 12.8 Å². The summed E-state index contributed by atoms with van der Waals surface area (Å²) in [5, 5.41) is 3.12. The summed E-state index contributed by atoms with van der Waals surface area (Å²) in [6.07, 6.45) is 2.59. The van der Waals surface area contributed by atoms with Gasteiger partial charge in [0.15, 0.2) is 0 Å². The molecule has 88 valence electrons. The van der Waals surface area contributed by atoms with E-state index in [-0.39, 0.29) is 11.9 Å². The van der Waals surface area contributed by atoms with Gasteiger partial charge >= 0.3 is 0 Å². The van der Waals surface area contributed by atoms with Crippen molar-refractivity contribution < 1.29 is 13.2 Å². The zero-order chi connectivity index (χ0) is 11.5. The van der Waals surface area contributed by atoms with Crippen molar-refractivity contribution >= 4 is 31.9 Å². The van der Waals surface area contributed by atoms with Gasteiger partial charge in [-0.25, -0.2) is 12.7 Å². The van der Waals surface area contributed by atoms with E-state index >= 15 is 0 Å². The second-order valence-corrected chi connectivity index (χ2v) is 6.18. The van der Waals surface area contributed by atoms with E-state index in [2.05, 4.69) is 21.2 Å². The van der Waals surface area contributed by atoms with Crippen LogP contribution in [0.15, 0.2) is 0 Å². The number of hydrogen-bond acceptors (Lipinski definition) is 3. The first-order valence-electron chi connectivity index (χ1n) is 4.74. The van der Waals surface area contributed by atoms with Gasteiger partial charge in [-0.3, -0.25) is 4.79 Å². The highest BCUT2D eigenvalue weighted by Crippen LogP contribution is 2.12. The number of hydrogen-bond donors (Lipinski definition) is 1. The SMILES string of the molecule is CS(=O)(=O)N1CCC(NC(=O)CBr)CC1. The predicted molar refractivity (Wildman–Crippen MR) is 61.4 cm³/mol. The Hall–Kier alpha value is -0.140. The molecule has 0 unspecified atom stereocenters. The van der Waals surface area contributed by atoms with E-state index in [1.807, 2.05) is 0 Å². The minimum absolute atomic E-state index is 0.0483. The molecule has 1 fully saturated rings. The van der Waals surface area contributed by atoms with Crippen molar-refractivity contribution in [2.45, 2.75) is 18.9 Å². The Balaban J connectivity index is 2.40. The minimum atomic E-state index is -3.07. The van der Waals surface area contributed by atoms with Gasteiger partial charge in [0.1, 0.15) is 0 Å². The zero-order valence-electron chi connectivity index (χ0n) is 8.57. The fourth-order valence-corrected chi connectivity index (χ4v) is 2.63. The van der Waals surface area contributed by atoms with E-state index in [0.717, 1.165) is 0 Å². The van der Waals surface area contributed by atoms with Gasteiger partial charge in [0, 0.05) is 19.1 Å². The Kier molecular flexibility index (Phi) is 4.54. The summed E-state index contributed by atoms with van der Waals surface area (Å²) in [5.41, 5.74) is 0. The molecule has 0 aromatic rings. The second kappa shape index (κ2) is 5.27. The number of rotatable bonds is 3. The summed E-state index contributed by atoms with van der Waals surface area (Å²) in [6.45, 7) is 0.984. The largest absolute Gasteiger partial charge is 0.353 e. The Morgan fingerprint density at radius 1 is 1.47 bits per heavy atom. The normalized spacial score (nSPS) is 20.1. The molecule has 1 N–H and O–H groups in total. The van der Waals surface area contributed by atoms with Crippen LogP contribution in [0, 0.1) is 0 Å². The number of alkyl halides is 1. The third-order valence-corrected chi connectivity index (χ3v) is 4.22. The number of nitrogens with one attached hydrogen (secondary N) is 1. The lowest BCUT2D eigenvalue weighted by Crippen LogP contribution is -2.46. The van der Waals surface area contributed by atoms with Gasteiger partial charge in [0.05, 0.1) is 11.6 Å². The maximum Gasteiger partial charge on any atom is 0.230 e. The number of sulfonamides is 1. The molecule has 0 spiro atoms. The van der Waals surface area contributed by atoms with Gasteiger partial charge in [0.2, 0.25) is 15.9 Å². The van der Waals surface area contributed by atoms with Crippen molar-refractivity contribution in [3.8, 4) is 0 Å². The number of carbonyl (C=O) groups is 1. The molecule has 0 radical (unpaired) electrons. The van der Waals surface area contributed by atoms with E-state index in [1.165, 1.54) is 10.6 Å². The Labute approximate surface area is 98.4 Å². The molecule has 0 aromatic carbocycles. The van der Waals surface area contributed by atoms with Crippen LogP contribution in [0.2, 0.25) is 0 Å². The maximum absolute atomic E-state index is 11.2. The lowest BCUT2D eigenvalue weighted by atomic mass is 10.1. The number of amides is 1. The summed E-state index contributed by atoms with van der Waals surface area (Å²) in [6, 6.07) is 0.105. The van der Waals surface area contributed by atoms with Crippen LogP contribution in [0.4, 0.5) is 0 Å². The third-order valence-electron chi connectivity index (χ3n) is 2.41. The molecule has 1 aliphatic heterocycles. The highest BCUT2D eigenvalue weighted by molar-refractivity contribution is 9.09. The monoisotopic (exact) mass is 298 g/mol. The summed E-state index contributed by atoms with van der Waals surface area (Å²) in [7, 11) is -3.07. The lowest BCUT2D eigenvalue weighted by Gasteiger charge is -2.30. The lowest BCUT2D eigenvalue weighted by molar-refractivity contribution is -0.119. The predicted octanol–water partition coefficient (Wildman–Crippen LogP) is -0.0785. The molecule has 1 amide bonds. The highest BCUT2D eigenvalue weighted by Gasteiger charge is 2.25.